The van der Waals surface area contributed by atoms with Crippen molar-refractivity contribution in [2.75, 3.05) is 4.90 Å². The molecule has 394 valence electrons. The minimum absolute atomic E-state index is 0.0156. The Morgan fingerprint density at radius 2 is 0.775 bits per heavy atom. The number of anilines is 3. The molecule has 10 aromatic rings. The van der Waals surface area contributed by atoms with Crippen LogP contribution in [0.2, 0.25) is 0 Å². The molecule has 0 spiro atoms. The summed E-state index contributed by atoms with van der Waals surface area (Å²) in [7, 11) is 0. The van der Waals surface area contributed by atoms with Crippen molar-refractivity contribution in [1.82, 2.24) is 0 Å². The Bertz CT molecular complexity index is 3910. The van der Waals surface area contributed by atoms with Gasteiger partial charge in [0.1, 0.15) is 11.5 Å². The number of rotatable bonds is 6. The summed E-state index contributed by atoms with van der Waals surface area (Å²) in [6, 6.07) is 80.8. The number of para-hydroxylation sites is 1. The highest BCUT2D eigenvalue weighted by molar-refractivity contribution is 6.99. The van der Waals surface area contributed by atoms with E-state index in [1.165, 1.54) is 88.8 Å². The molecule has 0 bridgehead atoms. The zero-order valence-corrected chi connectivity index (χ0v) is 48.7. The van der Waals surface area contributed by atoms with Crippen molar-refractivity contribution in [1.29, 1.82) is 0 Å². The number of hydrogen-bond donors (Lipinski definition) is 0. The minimum Gasteiger partial charge on any atom is -0.458 e. The van der Waals surface area contributed by atoms with Crippen LogP contribution in [0.15, 0.2) is 212 Å². The summed E-state index contributed by atoms with van der Waals surface area (Å²) >= 11 is 0. The quantitative estimate of drug-likeness (QED) is 0.154. The summed E-state index contributed by atoms with van der Waals surface area (Å²) < 4.78 is 7.64. The largest absolute Gasteiger partial charge is 0.458 e. The van der Waals surface area contributed by atoms with Gasteiger partial charge < -0.3 is 9.64 Å². The van der Waals surface area contributed by atoms with E-state index in [9.17, 15) is 0 Å². The number of benzene rings is 10. The molecule has 10 aromatic carbocycles. The van der Waals surface area contributed by atoms with Gasteiger partial charge in [-0.05, 0) is 146 Å². The molecule has 0 N–H and O–H groups in total. The second-order valence-corrected chi connectivity index (χ2v) is 27.0. The van der Waals surface area contributed by atoms with Gasteiger partial charge in [0.05, 0.1) is 5.69 Å². The van der Waals surface area contributed by atoms with Gasteiger partial charge in [0, 0.05) is 28.4 Å². The van der Waals surface area contributed by atoms with Crippen molar-refractivity contribution in [3.63, 3.8) is 0 Å². The number of nitrogens with zero attached hydrogens (tertiary/aromatic N) is 1. The molecule has 0 aromatic heterocycles. The average Bonchev–Trinajstić information content (AvgIpc) is 3.77. The fraction of sp³-hybridized carbons (Fsp3) is 0.221. The molecular formula is C77H72BNO. The lowest BCUT2D eigenvalue weighted by Crippen LogP contribution is -2.59. The van der Waals surface area contributed by atoms with Gasteiger partial charge in [-0.2, -0.15) is 0 Å². The van der Waals surface area contributed by atoms with Crippen LogP contribution in [0.5, 0.6) is 11.5 Å². The first kappa shape index (κ1) is 51.3. The lowest BCUT2D eigenvalue weighted by atomic mass is 9.34. The first-order chi connectivity index (χ1) is 38.2. The smallest absolute Gasteiger partial charge is 0.256 e. The highest BCUT2D eigenvalue weighted by atomic mass is 16.5. The Labute approximate surface area is 476 Å². The van der Waals surface area contributed by atoms with Crippen LogP contribution in [0, 0.1) is 0 Å². The number of ether oxygens (including phenoxy) is 1. The maximum Gasteiger partial charge on any atom is 0.256 e. The highest BCUT2D eigenvalue weighted by Crippen LogP contribution is 2.54. The maximum atomic E-state index is 7.64. The molecule has 0 atom stereocenters. The van der Waals surface area contributed by atoms with Crippen LogP contribution in [-0.2, 0) is 21.7 Å². The van der Waals surface area contributed by atoms with Crippen molar-refractivity contribution in [2.24, 2.45) is 0 Å². The molecule has 0 fully saturated rings. The van der Waals surface area contributed by atoms with Crippen LogP contribution in [-0.4, -0.2) is 6.71 Å². The van der Waals surface area contributed by atoms with E-state index in [4.69, 9.17) is 4.74 Å². The van der Waals surface area contributed by atoms with E-state index in [0.29, 0.717) is 0 Å². The van der Waals surface area contributed by atoms with Crippen LogP contribution in [0.3, 0.4) is 0 Å². The molecule has 80 heavy (non-hydrogen) atoms. The Hall–Kier alpha value is -8.14. The zero-order valence-electron chi connectivity index (χ0n) is 48.7. The molecule has 3 heteroatoms. The summed E-state index contributed by atoms with van der Waals surface area (Å²) in [4.78, 5) is 2.64. The summed E-state index contributed by atoms with van der Waals surface area (Å²) in [5, 5.41) is 0. The molecule has 2 heterocycles. The second-order valence-electron chi connectivity index (χ2n) is 27.0. The van der Waals surface area contributed by atoms with Crippen molar-refractivity contribution in [2.45, 2.75) is 111 Å². The number of fused-ring (bicyclic) bond motifs is 7. The van der Waals surface area contributed by atoms with Gasteiger partial charge in [-0.1, -0.05) is 271 Å². The molecule has 2 nitrogen and oxygen atoms in total. The predicted octanol–water partition coefficient (Wildman–Crippen LogP) is 19.1. The van der Waals surface area contributed by atoms with Crippen molar-refractivity contribution in [3.8, 4) is 67.1 Å². The van der Waals surface area contributed by atoms with E-state index in [-0.39, 0.29) is 34.3 Å². The first-order valence-corrected chi connectivity index (χ1v) is 28.9. The Kier molecular flexibility index (Phi) is 12.0. The fourth-order valence-corrected chi connectivity index (χ4v) is 12.8. The Balaban J connectivity index is 1.14. The van der Waals surface area contributed by atoms with Gasteiger partial charge in [0.15, 0.2) is 0 Å². The van der Waals surface area contributed by atoms with E-state index in [0.717, 1.165) is 50.7 Å². The summed E-state index contributed by atoms with van der Waals surface area (Å²) in [5.74, 6) is 1.79. The van der Waals surface area contributed by atoms with Crippen LogP contribution < -0.4 is 26.0 Å². The lowest BCUT2D eigenvalue weighted by molar-refractivity contribution is 0.487. The molecule has 13 rings (SSSR count). The topological polar surface area (TPSA) is 12.5 Å². The summed E-state index contributed by atoms with van der Waals surface area (Å²) in [6.07, 6.45) is 0. The van der Waals surface area contributed by atoms with Gasteiger partial charge in [-0.3, -0.25) is 0 Å². The molecule has 0 amide bonds. The molecule has 1 aliphatic carbocycles. The van der Waals surface area contributed by atoms with E-state index < -0.39 is 0 Å². The molecule has 0 saturated carbocycles. The van der Waals surface area contributed by atoms with E-state index >= 15 is 0 Å². The number of hydrogen-bond acceptors (Lipinski definition) is 2. The second kappa shape index (κ2) is 18.7. The first-order valence-electron chi connectivity index (χ1n) is 28.9. The summed E-state index contributed by atoms with van der Waals surface area (Å²) in [6.45, 7) is 27.8. The normalized spacial score (nSPS) is 13.8. The molecule has 0 unspecified atom stereocenters. The van der Waals surface area contributed by atoms with Crippen molar-refractivity contribution in [3.05, 3.63) is 251 Å². The van der Waals surface area contributed by atoms with E-state index in [1.54, 1.807) is 0 Å². The fourth-order valence-electron chi connectivity index (χ4n) is 12.8. The monoisotopic (exact) mass is 1040 g/mol. The molecule has 0 saturated heterocycles. The zero-order chi connectivity index (χ0) is 55.6. The predicted molar refractivity (Wildman–Crippen MR) is 342 cm³/mol. The van der Waals surface area contributed by atoms with E-state index in [2.05, 4.69) is 300 Å². The SMILES string of the molecule is CC(C)(C)c1cc(-c2ccc3c(c2)Oc2cc(C4c5ccccc5-c5ccccc54)cc4c2B3c2ccc(-c3cc(C(C)(C)C)cc(C(C)(C)C)c3)cc2N4c2c(-c3ccccc3)cccc2-c2ccccc2)cc(C(C)(C)C)c1. The standard InChI is InChI=1S/C77H72BNO/c1-74(2,3)55-38-52(39-56(46-55)75(4,5)6)50-34-36-65-67(42-50)79(73-59(48-24-15-13-16-25-48)32-23-33-60(73)49-26-17-14-18-27-49)68-43-54(71-63-30-21-19-28-61(63)62-29-20-22-31-64(62)71)45-70-72(68)78(65)66-37-35-51(44-69(66)80-70)53-40-57(76(7,8)9)47-58(41-53)77(10,11)12/h13-47,71H,1-12H3. The molecule has 2 aliphatic heterocycles. The molecular weight excluding hydrogens is 966 g/mol. The van der Waals surface area contributed by atoms with Crippen molar-refractivity contribution >= 4 is 40.2 Å². The van der Waals surface area contributed by atoms with Gasteiger partial charge in [-0.15, -0.1) is 0 Å². The molecule has 3 aliphatic rings. The van der Waals surface area contributed by atoms with Crippen LogP contribution in [0.25, 0.3) is 55.6 Å². The summed E-state index contributed by atoms with van der Waals surface area (Å²) in [5.41, 5.74) is 28.1. The maximum absolute atomic E-state index is 7.64. The van der Waals surface area contributed by atoms with Gasteiger partial charge >= 0.3 is 0 Å². The van der Waals surface area contributed by atoms with Gasteiger partial charge in [0.25, 0.3) is 6.71 Å². The van der Waals surface area contributed by atoms with Crippen LogP contribution in [0.4, 0.5) is 17.1 Å². The van der Waals surface area contributed by atoms with Gasteiger partial charge in [-0.25, -0.2) is 0 Å². The Morgan fingerprint density at radius 3 is 1.26 bits per heavy atom. The van der Waals surface area contributed by atoms with Gasteiger partial charge in [0.2, 0.25) is 0 Å². The molecule has 0 radical (unpaired) electrons. The third kappa shape index (κ3) is 8.82. The third-order valence-electron chi connectivity index (χ3n) is 17.4. The average molecular weight is 1040 g/mol. The Morgan fingerprint density at radius 1 is 0.338 bits per heavy atom. The third-order valence-corrected chi connectivity index (χ3v) is 17.4. The van der Waals surface area contributed by atoms with Crippen LogP contribution >= 0.6 is 0 Å². The lowest BCUT2D eigenvalue weighted by Gasteiger charge is -2.42. The van der Waals surface area contributed by atoms with Crippen LogP contribution in [0.1, 0.15) is 128 Å². The minimum atomic E-state index is -0.128. The highest BCUT2D eigenvalue weighted by Gasteiger charge is 2.45. The van der Waals surface area contributed by atoms with Crippen molar-refractivity contribution < 1.29 is 4.74 Å². The van der Waals surface area contributed by atoms with E-state index in [1.807, 2.05) is 0 Å².